The van der Waals surface area contributed by atoms with Crippen LogP contribution in [0.15, 0.2) is 0 Å². The molecule has 2 unspecified atom stereocenters. The summed E-state index contributed by atoms with van der Waals surface area (Å²) >= 11 is 0. The fourth-order valence-corrected chi connectivity index (χ4v) is 2.33. The van der Waals surface area contributed by atoms with Crippen molar-refractivity contribution in [1.82, 2.24) is 16.0 Å². The number of hydrogen-bond donors (Lipinski definition) is 3. The zero-order chi connectivity index (χ0) is 12.9. The summed E-state index contributed by atoms with van der Waals surface area (Å²) in [4.78, 5) is 11.6. The first-order valence-corrected chi connectivity index (χ1v) is 6.72. The number of urea groups is 1. The van der Waals surface area contributed by atoms with E-state index in [-0.39, 0.29) is 11.6 Å². The third-order valence-corrected chi connectivity index (χ3v) is 3.22. The van der Waals surface area contributed by atoms with E-state index in [4.69, 9.17) is 0 Å². The van der Waals surface area contributed by atoms with E-state index in [1.807, 2.05) is 20.8 Å². The van der Waals surface area contributed by atoms with Crippen molar-refractivity contribution in [2.45, 2.75) is 58.5 Å². The van der Waals surface area contributed by atoms with Crippen molar-refractivity contribution >= 4 is 6.03 Å². The molecule has 1 fully saturated rings. The lowest BCUT2D eigenvalue weighted by molar-refractivity contribution is 0.222. The van der Waals surface area contributed by atoms with Crippen molar-refractivity contribution in [3.8, 4) is 0 Å². The molecular formula is C13H27N3O. The van der Waals surface area contributed by atoms with Crippen molar-refractivity contribution < 1.29 is 4.79 Å². The lowest BCUT2D eigenvalue weighted by Crippen LogP contribution is -2.52. The Hall–Kier alpha value is -0.770. The Bertz CT molecular complexity index is 248. The van der Waals surface area contributed by atoms with Gasteiger partial charge in [-0.1, -0.05) is 13.3 Å². The Balaban J connectivity index is 2.31. The summed E-state index contributed by atoms with van der Waals surface area (Å²) in [6.07, 6.45) is 3.71. The van der Waals surface area contributed by atoms with Gasteiger partial charge >= 0.3 is 6.03 Å². The molecule has 0 aromatic carbocycles. The van der Waals surface area contributed by atoms with Crippen LogP contribution in [-0.2, 0) is 0 Å². The standard InChI is InChI=1S/C13H27N3O/c1-5-10-7-6-8-14-11(10)9-15-12(17)16-13(2,3)4/h10-11,14H,5-9H2,1-4H3,(H2,15,16,17). The minimum absolute atomic E-state index is 0.0697. The zero-order valence-electron chi connectivity index (χ0n) is 11.6. The topological polar surface area (TPSA) is 53.2 Å². The van der Waals surface area contributed by atoms with Crippen LogP contribution in [0, 0.1) is 5.92 Å². The summed E-state index contributed by atoms with van der Waals surface area (Å²) in [7, 11) is 0. The number of carbonyl (C=O) groups excluding carboxylic acids is 1. The Morgan fingerprint density at radius 2 is 2.12 bits per heavy atom. The number of piperidine rings is 1. The highest BCUT2D eigenvalue weighted by Gasteiger charge is 2.23. The summed E-state index contributed by atoms with van der Waals surface area (Å²) in [5.74, 6) is 0.693. The molecule has 1 heterocycles. The summed E-state index contributed by atoms with van der Waals surface area (Å²) in [5, 5.41) is 9.37. The van der Waals surface area contributed by atoms with Crippen molar-refractivity contribution in [2.24, 2.45) is 5.92 Å². The maximum atomic E-state index is 11.6. The first-order chi connectivity index (χ1) is 7.92. The Kier molecular flexibility index (Phi) is 5.25. The highest BCUT2D eigenvalue weighted by atomic mass is 16.2. The van der Waals surface area contributed by atoms with E-state index in [1.54, 1.807) is 0 Å². The lowest BCUT2D eigenvalue weighted by atomic mass is 9.89. The van der Waals surface area contributed by atoms with Crippen LogP contribution in [0.1, 0.15) is 47.0 Å². The molecule has 1 rings (SSSR count). The van der Waals surface area contributed by atoms with Crippen LogP contribution in [0.5, 0.6) is 0 Å². The maximum absolute atomic E-state index is 11.6. The van der Waals surface area contributed by atoms with Crippen molar-refractivity contribution in [3.05, 3.63) is 0 Å². The molecule has 2 amide bonds. The second-order valence-electron chi connectivity index (χ2n) is 5.96. The zero-order valence-corrected chi connectivity index (χ0v) is 11.6. The Labute approximate surface area is 105 Å². The summed E-state index contributed by atoms with van der Waals surface area (Å²) < 4.78 is 0. The third kappa shape index (κ3) is 5.39. The number of carbonyl (C=O) groups is 1. The molecule has 0 saturated carbocycles. The SMILES string of the molecule is CCC1CCCNC1CNC(=O)NC(C)(C)C. The van der Waals surface area contributed by atoms with E-state index in [0.717, 1.165) is 13.1 Å². The van der Waals surface area contributed by atoms with Crippen LogP contribution < -0.4 is 16.0 Å². The van der Waals surface area contributed by atoms with Gasteiger partial charge in [0.1, 0.15) is 0 Å². The van der Waals surface area contributed by atoms with Crippen LogP contribution in [0.4, 0.5) is 4.79 Å². The van der Waals surface area contributed by atoms with Crippen molar-refractivity contribution in [1.29, 1.82) is 0 Å². The third-order valence-electron chi connectivity index (χ3n) is 3.22. The average molecular weight is 241 g/mol. The molecule has 0 aromatic rings. The van der Waals surface area contributed by atoms with Gasteiger partial charge in [-0.2, -0.15) is 0 Å². The van der Waals surface area contributed by atoms with Gasteiger partial charge in [0.2, 0.25) is 0 Å². The van der Waals surface area contributed by atoms with Gasteiger partial charge in [0.05, 0.1) is 0 Å². The molecule has 2 atom stereocenters. The fraction of sp³-hybridized carbons (Fsp3) is 0.923. The molecular weight excluding hydrogens is 214 g/mol. The number of rotatable bonds is 3. The van der Waals surface area contributed by atoms with E-state index in [1.165, 1.54) is 19.3 Å². The normalized spacial score (nSPS) is 25.4. The molecule has 0 aromatic heterocycles. The highest BCUT2D eigenvalue weighted by Crippen LogP contribution is 2.19. The van der Waals surface area contributed by atoms with Gasteiger partial charge in [-0.3, -0.25) is 0 Å². The predicted octanol–water partition coefficient (Wildman–Crippen LogP) is 1.86. The molecule has 3 N–H and O–H groups in total. The largest absolute Gasteiger partial charge is 0.337 e. The maximum Gasteiger partial charge on any atom is 0.315 e. The molecule has 1 aliphatic rings. The van der Waals surface area contributed by atoms with Gasteiger partial charge in [-0.15, -0.1) is 0 Å². The van der Waals surface area contributed by atoms with Gasteiger partial charge < -0.3 is 16.0 Å². The second-order valence-corrected chi connectivity index (χ2v) is 5.96. The molecule has 1 aliphatic heterocycles. The van der Waals surface area contributed by atoms with Gasteiger partial charge in [0.15, 0.2) is 0 Å². The van der Waals surface area contributed by atoms with E-state index < -0.39 is 0 Å². The van der Waals surface area contributed by atoms with E-state index in [0.29, 0.717) is 12.0 Å². The minimum Gasteiger partial charge on any atom is -0.337 e. The molecule has 0 aliphatic carbocycles. The average Bonchev–Trinajstić information content (AvgIpc) is 2.24. The number of amides is 2. The highest BCUT2D eigenvalue weighted by molar-refractivity contribution is 5.74. The first kappa shape index (κ1) is 14.3. The van der Waals surface area contributed by atoms with Gasteiger partial charge in [-0.25, -0.2) is 4.79 Å². The predicted molar refractivity (Wildman–Crippen MR) is 71.1 cm³/mol. The molecule has 0 spiro atoms. The summed E-state index contributed by atoms with van der Waals surface area (Å²) in [6, 6.07) is 0.360. The smallest absolute Gasteiger partial charge is 0.315 e. The van der Waals surface area contributed by atoms with Crippen LogP contribution >= 0.6 is 0 Å². The van der Waals surface area contributed by atoms with E-state index in [2.05, 4.69) is 22.9 Å². The van der Waals surface area contributed by atoms with Gasteiger partial charge in [0.25, 0.3) is 0 Å². The van der Waals surface area contributed by atoms with Crippen LogP contribution in [0.25, 0.3) is 0 Å². The molecule has 4 nitrogen and oxygen atoms in total. The molecule has 17 heavy (non-hydrogen) atoms. The molecule has 0 radical (unpaired) electrons. The van der Waals surface area contributed by atoms with E-state index in [9.17, 15) is 4.79 Å². The first-order valence-electron chi connectivity index (χ1n) is 6.72. The molecule has 1 saturated heterocycles. The van der Waals surface area contributed by atoms with Crippen molar-refractivity contribution in [3.63, 3.8) is 0 Å². The van der Waals surface area contributed by atoms with Crippen LogP contribution in [-0.4, -0.2) is 30.7 Å². The van der Waals surface area contributed by atoms with Gasteiger partial charge in [0, 0.05) is 18.1 Å². The molecule has 100 valence electrons. The molecule has 0 bridgehead atoms. The Morgan fingerprint density at radius 1 is 1.41 bits per heavy atom. The van der Waals surface area contributed by atoms with Crippen molar-refractivity contribution in [2.75, 3.05) is 13.1 Å². The van der Waals surface area contributed by atoms with Crippen LogP contribution in [0.2, 0.25) is 0 Å². The quantitative estimate of drug-likeness (QED) is 0.706. The summed E-state index contributed by atoms with van der Waals surface area (Å²) in [6.45, 7) is 9.98. The monoisotopic (exact) mass is 241 g/mol. The molecule has 4 heteroatoms. The number of nitrogens with one attached hydrogen (secondary N) is 3. The number of hydrogen-bond acceptors (Lipinski definition) is 2. The Morgan fingerprint density at radius 3 is 2.71 bits per heavy atom. The van der Waals surface area contributed by atoms with Crippen LogP contribution in [0.3, 0.4) is 0 Å². The second kappa shape index (κ2) is 6.24. The summed E-state index contributed by atoms with van der Waals surface area (Å²) in [5.41, 5.74) is -0.172. The fourth-order valence-electron chi connectivity index (χ4n) is 2.33. The van der Waals surface area contributed by atoms with E-state index >= 15 is 0 Å². The minimum atomic E-state index is -0.172. The van der Waals surface area contributed by atoms with Gasteiger partial charge in [-0.05, 0) is 46.1 Å². The lowest BCUT2D eigenvalue weighted by Gasteiger charge is -2.32.